The van der Waals surface area contributed by atoms with E-state index in [1.165, 1.54) is 6.42 Å². The highest BCUT2D eigenvalue weighted by atomic mass is 35.5. The number of carbonyl (C=O) groups excluding carboxylic acids is 1. The number of imidazole rings is 1. The van der Waals surface area contributed by atoms with E-state index in [0.29, 0.717) is 6.54 Å². The predicted octanol–water partition coefficient (Wildman–Crippen LogP) is 2.69. The first-order valence-corrected chi connectivity index (χ1v) is 7.58. The summed E-state index contributed by atoms with van der Waals surface area (Å²) in [6, 6.07) is 7.96. The number of halogens is 2. The van der Waals surface area contributed by atoms with Gasteiger partial charge in [-0.15, -0.1) is 24.8 Å². The molecule has 0 atom stereocenters. The van der Waals surface area contributed by atoms with Crippen LogP contribution in [0.1, 0.15) is 37.9 Å². The molecule has 1 heterocycles. The van der Waals surface area contributed by atoms with Gasteiger partial charge in [0.25, 0.3) is 0 Å². The monoisotopic (exact) mass is 358 g/mol. The van der Waals surface area contributed by atoms with Crippen molar-refractivity contribution < 1.29 is 4.79 Å². The lowest BCUT2D eigenvalue weighted by Crippen LogP contribution is -2.54. The Labute approximate surface area is 148 Å². The normalized spacial score (nSPS) is 16.3. The topological polar surface area (TPSA) is 72.9 Å². The zero-order valence-corrected chi connectivity index (χ0v) is 14.9. The maximum atomic E-state index is 12.3. The number of rotatable bonds is 3. The van der Waals surface area contributed by atoms with Crippen molar-refractivity contribution >= 4 is 41.8 Å². The fourth-order valence-electron chi connectivity index (χ4n) is 3.10. The number of hydrogen-bond acceptors (Lipinski definition) is 3. The molecule has 1 saturated carbocycles. The van der Waals surface area contributed by atoms with Gasteiger partial charge in [-0.05, 0) is 25.0 Å². The molecule has 23 heavy (non-hydrogen) atoms. The molecular weight excluding hydrogens is 335 g/mol. The SMILES string of the molecule is Cl.Cl.Cn1c(CNC(=O)C2(N)CCCCC2)nc2ccccc21. The molecule has 5 nitrogen and oxygen atoms in total. The first kappa shape index (κ1) is 19.7. The lowest BCUT2D eigenvalue weighted by atomic mass is 9.82. The van der Waals surface area contributed by atoms with Crippen LogP contribution < -0.4 is 11.1 Å². The number of amides is 1. The van der Waals surface area contributed by atoms with Crippen molar-refractivity contribution in [3.63, 3.8) is 0 Å². The number of nitrogens with one attached hydrogen (secondary N) is 1. The molecule has 1 aliphatic carbocycles. The maximum absolute atomic E-state index is 12.3. The van der Waals surface area contributed by atoms with Crippen LogP contribution in [0.2, 0.25) is 0 Å². The fourth-order valence-corrected chi connectivity index (χ4v) is 3.10. The average molecular weight is 359 g/mol. The van der Waals surface area contributed by atoms with Gasteiger partial charge in [-0.1, -0.05) is 31.4 Å². The first-order valence-electron chi connectivity index (χ1n) is 7.58. The number of hydrogen-bond donors (Lipinski definition) is 2. The van der Waals surface area contributed by atoms with E-state index in [-0.39, 0.29) is 30.7 Å². The molecule has 2 aromatic rings. The highest BCUT2D eigenvalue weighted by Crippen LogP contribution is 2.26. The molecule has 0 bridgehead atoms. The van der Waals surface area contributed by atoms with Gasteiger partial charge in [0, 0.05) is 7.05 Å². The minimum atomic E-state index is -0.692. The van der Waals surface area contributed by atoms with E-state index in [1.807, 2.05) is 35.9 Å². The summed E-state index contributed by atoms with van der Waals surface area (Å²) in [5, 5.41) is 2.96. The molecule has 1 amide bonds. The smallest absolute Gasteiger partial charge is 0.240 e. The van der Waals surface area contributed by atoms with E-state index >= 15 is 0 Å². The molecule has 1 aromatic heterocycles. The second kappa shape index (κ2) is 7.99. The van der Waals surface area contributed by atoms with Gasteiger partial charge in [0.1, 0.15) is 5.82 Å². The van der Waals surface area contributed by atoms with Crippen LogP contribution in [0.5, 0.6) is 0 Å². The van der Waals surface area contributed by atoms with Gasteiger partial charge in [-0.2, -0.15) is 0 Å². The van der Waals surface area contributed by atoms with Crippen LogP contribution >= 0.6 is 24.8 Å². The minimum absolute atomic E-state index is 0. The van der Waals surface area contributed by atoms with Gasteiger partial charge < -0.3 is 15.6 Å². The Bertz CT molecular complexity index is 665. The van der Waals surface area contributed by atoms with Crippen molar-refractivity contribution in [3.8, 4) is 0 Å². The molecule has 1 fully saturated rings. The first-order chi connectivity index (χ1) is 10.1. The van der Waals surface area contributed by atoms with Gasteiger partial charge in [-0.25, -0.2) is 4.98 Å². The Morgan fingerprint density at radius 1 is 1.26 bits per heavy atom. The number of para-hydroxylation sites is 2. The van der Waals surface area contributed by atoms with E-state index in [9.17, 15) is 4.79 Å². The molecule has 0 aliphatic heterocycles. The van der Waals surface area contributed by atoms with Crippen molar-refractivity contribution in [1.82, 2.24) is 14.9 Å². The molecule has 128 valence electrons. The molecule has 7 heteroatoms. The van der Waals surface area contributed by atoms with E-state index in [1.54, 1.807) is 0 Å². The lowest BCUT2D eigenvalue weighted by Gasteiger charge is -2.31. The number of benzene rings is 1. The molecule has 3 N–H and O–H groups in total. The van der Waals surface area contributed by atoms with E-state index in [2.05, 4.69) is 10.3 Å². The van der Waals surface area contributed by atoms with Crippen LogP contribution in [0.4, 0.5) is 0 Å². The summed E-state index contributed by atoms with van der Waals surface area (Å²) in [6.45, 7) is 0.420. The molecule has 1 aromatic carbocycles. The second-order valence-electron chi connectivity index (χ2n) is 5.98. The third-order valence-electron chi connectivity index (χ3n) is 4.48. The van der Waals surface area contributed by atoms with Crippen LogP contribution in [0, 0.1) is 0 Å². The summed E-state index contributed by atoms with van der Waals surface area (Å²) in [7, 11) is 1.97. The van der Waals surface area contributed by atoms with Crippen molar-refractivity contribution in [1.29, 1.82) is 0 Å². The van der Waals surface area contributed by atoms with Crippen molar-refractivity contribution in [2.45, 2.75) is 44.2 Å². The quantitative estimate of drug-likeness (QED) is 0.885. The Hall–Kier alpha value is -1.30. The number of fused-ring (bicyclic) bond motifs is 1. The van der Waals surface area contributed by atoms with Crippen LogP contribution in [0.15, 0.2) is 24.3 Å². The van der Waals surface area contributed by atoms with Crippen LogP contribution in [-0.2, 0) is 18.4 Å². The van der Waals surface area contributed by atoms with Crippen LogP contribution in [-0.4, -0.2) is 21.0 Å². The van der Waals surface area contributed by atoms with E-state index in [0.717, 1.165) is 42.5 Å². The number of carbonyl (C=O) groups is 1. The highest BCUT2D eigenvalue weighted by Gasteiger charge is 2.35. The third-order valence-corrected chi connectivity index (χ3v) is 4.48. The van der Waals surface area contributed by atoms with Crippen molar-refractivity contribution in [3.05, 3.63) is 30.1 Å². The van der Waals surface area contributed by atoms with E-state index < -0.39 is 5.54 Å². The molecule has 0 radical (unpaired) electrons. The Kier molecular flexibility index (Phi) is 6.86. The van der Waals surface area contributed by atoms with Gasteiger partial charge in [-0.3, -0.25) is 4.79 Å². The maximum Gasteiger partial charge on any atom is 0.240 e. The number of nitrogens with zero attached hydrogens (tertiary/aromatic N) is 2. The van der Waals surface area contributed by atoms with Gasteiger partial charge >= 0.3 is 0 Å². The van der Waals surface area contributed by atoms with Gasteiger partial charge in [0.2, 0.25) is 5.91 Å². The second-order valence-corrected chi connectivity index (χ2v) is 5.98. The Balaban J connectivity index is 0.00000132. The van der Waals surface area contributed by atoms with Gasteiger partial charge in [0.05, 0.1) is 23.1 Å². The van der Waals surface area contributed by atoms with Gasteiger partial charge in [0.15, 0.2) is 0 Å². The van der Waals surface area contributed by atoms with E-state index in [4.69, 9.17) is 5.73 Å². The standard InChI is InChI=1S/C16H22N4O.2ClH/c1-20-13-8-4-3-7-12(13)19-14(20)11-18-15(21)16(17)9-5-2-6-10-16;;/h3-4,7-8H,2,5-6,9-11,17H2,1H3,(H,18,21);2*1H. The number of aryl methyl sites for hydroxylation is 1. The molecule has 3 rings (SSSR count). The largest absolute Gasteiger partial charge is 0.347 e. The summed E-state index contributed by atoms with van der Waals surface area (Å²) in [5.74, 6) is 0.804. The molecular formula is C16H24Cl2N4O. The average Bonchev–Trinajstić information content (AvgIpc) is 2.82. The molecule has 0 unspecified atom stereocenters. The zero-order valence-electron chi connectivity index (χ0n) is 13.2. The van der Waals surface area contributed by atoms with Crippen molar-refractivity contribution in [2.24, 2.45) is 12.8 Å². The van der Waals surface area contributed by atoms with Crippen LogP contribution in [0.3, 0.4) is 0 Å². The molecule has 1 aliphatic rings. The Morgan fingerprint density at radius 2 is 1.91 bits per heavy atom. The molecule has 0 saturated heterocycles. The lowest BCUT2D eigenvalue weighted by molar-refractivity contribution is -0.127. The summed E-state index contributed by atoms with van der Waals surface area (Å²) in [4.78, 5) is 16.9. The third kappa shape index (κ3) is 3.97. The number of aromatic nitrogens is 2. The fraction of sp³-hybridized carbons (Fsp3) is 0.500. The van der Waals surface area contributed by atoms with Crippen LogP contribution in [0.25, 0.3) is 11.0 Å². The predicted molar refractivity (Wildman–Crippen MR) is 97.1 cm³/mol. The summed E-state index contributed by atoms with van der Waals surface area (Å²) < 4.78 is 2.01. The molecule has 0 spiro atoms. The summed E-state index contributed by atoms with van der Waals surface area (Å²) in [6.07, 6.45) is 4.81. The summed E-state index contributed by atoms with van der Waals surface area (Å²) in [5.41, 5.74) is 7.57. The Morgan fingerprint density at radius 3 is 2.57 bits per heavy atom. The minimum Gasteiger partial charge on any atom is -0.347 e. The zero-order chi connectivity index (χ0) is 14.9. The summed E-state index contributed by atoms with van der Waals surface area (Å²) >= 11 is 0. The number of nitrogens with two attached hydrogens (primary N) is 1. The van der Waals surface area contributed by atoms with Crippen molar-refractivity contribution in [2.75, 3.05) is 0 Å². The highest BCUT2D eigenvalue weighted by molar-refractivity contribution is 5.86.